The number of methoxy groups -OCH3 is 1. The molecule has 1 unspecified atom stereocenters. The second kappa shape index (κ2) is 7.26. The highest BCUT2D eigenvalue weighted by atomic mass is 16.6. The summed E-state index contributed by atoms with van der Waals surface area (Å²) in [6, 6.07) is 12.4. The van der Waals surface area contributed by atoms with E-state index in [2.05, 4.69) is 4.74 Å². The molecule has 7 heteroatoms. The summed E-state index contributed by atoms with van der Waals surface area (Å²) in [6.07, 6.45) is -0.719. The number of rotatable bonds is 6. The van der Waals surface area contributed by atoms with Crippen LogP contribution in [0.3, 0.4) is 0 Å². The molecule has 7 nitrogen and oxygen atoms in total. The molecule has 23 heavy (non-hydrogen) atoms. The largest absolute Gasteiger partial charge is 0.479 e. The van der Waals surface area contributed by atoms with Crippen molar-refractivity contribution in [3.05, 3.63) is 58.6 Å². The molecule has 0 bridgehead atoms. The van der Waals surface area contributed by atoms with Crippen molar-refractivity contribution in [3.8, 4) is 17.2 Å². The van der Waals surface area contributed by atoms with E-state index in [0.717, 1.165) is 0 Å². The predicted octanol–water partition coefficient (Wildman–Crippen LogP) is 3.33. The molecule has 0 radical (unpaired) electrons. The van der Waals surface area contributed by atoms with Gasteiger partial charge in [-0.05, 0) is 37.3 Å². The Kier molecular flexibility index (Phi) is 5.14. The molecule has 0 saturated heterocycles. The van der Waals surface area contributed by atoms with Gasteiger partial charge in [0.15, 0.2) is 6.10 Å². The number of nitro benzene ring substituents is 1. The molecule has 2 aromatic rings. The zero-order valence-corrected chi connectivity index (χ0v) is 12.6. The van der Waals surface area contributed by atoms with E-state index in [1.165, 1.54) is 19.2 Å². The highest BCUT2D eigenvalue weighted by Gasteiger charge is 2.14. The summed E-state index contributed by atoms with van der Waals surface area (Å²) in [6.45, 7) is 1.58. The third kappa shape index (κ3) is 4.44. The van der Waals surface area contributed by atoms with E-state index < -0.39 is 17.0 Å². The zero-order valence-electron chi connectivity index (χ0n) is 12.6. The van der Waals surface area contributed by atoms with Crippen molar-refractivity contribution in [1.29, 1.82) is 0 Å². The maximum atomic E-state index is 11.3. The lowest BCUT2D eigenvalue weighted by Crippen LogP contribution is -2.24. The van der Waals surface area contributed by atoms with Crippen LogP contribution in [0.25, 0.3) is 0 Å². The van der Waals surface area contributed by atoms with Crippen LogP contribution in [0.2, 0.25) is 0 Å². The molecule has 0 heterocycles. The topological polar surface area (TPSA) is 87.9 Å². The molecule has 0 aliphatic rings. The molecule has 120 valence electrons. The van der Waals surface area contributed by atoms with E-state index in [-0.39, 0.29) is 5.69 Å². The first kappa shape index (κ1) is 16.3. The Balaban J connectivity index is 2.04. The third-order valence-corrected chi connectivity index (χ3v) is 2.93. The standard InChI is InChI=1S/C16H15NO6/c1-11(16(18)21-2)22-13-6-8-14(9-7-13)23-15-5-3-4-12(10-15)17(19)20/h3-11H,1-2H3. The lowest BCUT2D eigenvalue weighted by Gasteiger charge is -2.12. The Hall–Kier alpha value is -3.09. The highest BCUT2D eigenvalue weighted by Crippen LogP contribution is 2.26. The average Bonchev–Trinajstić information content (AvgIpc) is 2.56. The molecule has 0 spiro atoms. The molecule has 2 rings (SSSR count). The van der Waals surface area contributed by atoms with Crippen molar-refractivity contribution in [1.82, 2.24) is 0 Å². The summed E-state index contributed by atoms with van der Waals surface area (Å²) >= 11 is 0. The lowest BCUT2D eigenvalue weighted by molar-refractivity contribution is -0.384. The molecule has 0 saturated carbocycles. The number of nitro groups is 1. The van der Waals surface area contributed by atoms with Crippen LogP contribution in [0.5, 0.6) is 17.2 Å². The number of nitrogens with zero attached hydrogens (tertiary/aromatic N) is 1. The highest BCUT2D eigenvalue weighted by molar-refractivity contribution is 5.74. The molecule has 0 fully saturated rings. The Morgan fingerprint density at radius 1 is 1.09 bits per heavy atom. The SMILES string of the molecule is COC(=O)C(C)Oc1ccc(Oc2cccc([N+](=O)[O-])c2)cc1. The smallest absolute Gasteiger partial charge is 0.346 e. The quantitative estimate of drug-likeness (QED) is 0.461. The van der Waals surface area contributed by atoms with Crippen molar-refractivity contribution >= 4 is 11.7 Å². The van der Waals surface area contributed by atoms with E-state index in [1.54, 1.807) is 43.3 Å². The van der Waals surface area contributed by atoms with E-state index in [9.17, 15) is 14.9 Å². The average molecular weight is 317 g/mol. The Morgan fingerprint density at radius 3 is 2.35 bits per heavy atom. The number of esters is 1. The summed E-state index contributed by atoms with van der Waals surface area (Å²) in [4.78, 5) is 21.5. The normalized spacial score (nSPS) is 11.4. The van der Waals surface area contributed by atoms with Gasteiger partial charge in [0, 0.05) is 6.07 Å². The van der Waals surface area contributed by atoms with Crippen LogP contribution in [0, 0.1) is 10.1 Å². The zero-order chi connectivity index (χ0) is 16.8. The summed E-state index contributed by atoms with van der Waals surface area (Å²) in [7, 11) is 1.29. The number of benzene rings is 2. The van der Waals surface area contributed by atoms with Crippen molar-refractivity contribution in [2.45, 2.75) is 13.0 Å². The second-order valence-corrected chi connectivity index (χ2v) is 4.61. The lowest BCUT2D eigenvalue weighted by atomic mass is 10.3. The number of hydrogen-bond acceptors (Lipinski definition) is 6. The van der Waals surface area contributed by atoms with Crippen molar-refractivity contribution < 1.29 is 23.9 Å². The van der Waals surface area contributed by atoms with Gasteiger partial charge < -0.3 is 14.2 Å². The molecule has 1 atom stereocenters. The number of carbonyl (C=O) groups excluding carboxylic acids is 1. The molecule has 0 amide bonds. The van der Waals surface area contributed by atoms with Gasteiger partial charge in [0.25, 0.3) is 5.69 Å². The van der Waals surface area contributed by atoms with Gasteiger partial charge in [-0.1, -0.05) is 6.07 Å². The molecule has 0 aliphatic carbocycles. The van der Waals surface area contributed by atoms with Gasteiger partial charge in [0.1, 0.15) is 17.2 Å². The van der Waals surface area contributed by atoms with Crippen molar-refractivity contribution in [2.75, 3.05) is 7.11 Å². The van der Waals surface area contributed by atoms with Crippen LogP contribution in [0.1, 0.15) is 6.92 Å². The van der Waals surface area contributed by atoms with Crippen LogP contribution in [0.15, 0.2) is 48.5 Å². The van der Waals surface area contributed by atoms with Crippen LogP contribution in [-0.4, -0.2) is 24.1 Å². The van der Waals surface area contributed by atoms with E-state index >= 15 is 0 Å². The fraction of sp³-hybridized carbons (Fsp3) is 0.188. The van der Waals surface area contributed by atoms with E-state index in [0.29, 0.717) is 17.2 Å². The maximum Gasteiger partial charge on any atom is 0.346 e. The van der Waals surface area contributed by atoms with Crippen LogP contribution in [-0.2, 0) is 9.53 Å². The number of non-ortho nitro benzene ring substituents is 1. The minimum Gasteiger partial charge on any atom is -0.479 e. The molecule has 0 N–H and O–H groups in total. The maximum absolute atomic E-state index is 11.3. The number of carbonyl (C=O) groups is 1. The van der Waals surface area contributed by atoms with Gasteiger partial charge in [-0.25, -0.2) is 4.79 Å². The molecular formula is C16H15NO6. The summed E-state index contributed by atoms with van der Waals surface area (Å²) < 4.78 is 15.5. The van der Waals surface area contributed by atoms with Gasteiger partial charge in [0.2, 0.25) is 0 Å². The van der Waals surface area contributed by atoms with Crippen molar-refractivity contribution in [2.24, 2.45) is 0 Å². The minimum absolute atomic E-state index is 0.0469. The second-order valence-electron chi connectivity index (χ2n) is 4.61. The van der Waals surface area contributed by atoms with Crippen LogP contribution in [0.4, 0.5) is 5.69 Å². The van der Waals surface area contributed by atoms with Crippen molar-refractivity contribution in [3.63, 3.8) is 0 Å². The first-order valence-electron chi connectivity index (χ1n) is 6.76. The minimum atomic E-state index is -0.719. The molecule has 2 aromatic carbocycles. The summed E-state index contributed by atoms with van der Waals surface area (Å²) in [5.41, 5.74) is -0.0469. The Morgan fingerprint density at radius 2 is 1.74 bits per heavy atom. The van der Waals surface area contributed by atoms with Gasteiger partial charge in [-0.15, -0.1) is 0 Å². The first-order chi connectivity index (χ1) is 11.0. The van der Waals surface area contributed by atoms with Gasteiger partial charge >= 0.3 is 5.97 Å². The number of ether oxygens (including phenoxy) is 3. The third-order valence-electron chi connectivity index (χ3n) is 2.93. The molecule has 0 aromatic heterocycles. The van der Waals surface area contributed by atoms with Crippen LogP contribution >= 0.6 is 0 Å². The first-order valence-corrected chi connectivity index (χ1v) is 6.76. The Labute approximate surface area is 132 Å². The monoisotopic (exact) mass is 317 g/mol. The van der Waals surface area contributed by atoms with Gasteiger partial charge in [-0.2, -0.15) is 0 Å². The summed E-state index contributed by atoms with van der Waals surface area (Å²) in [5.74, 6) is 0.857. The van der Waals surface area contributed by atoms with E-state index in [1.807, 2.05) is 0 Å². The van der Waals surface area contributed by atoms with Crippen LogP contribution < -0.4 is 9.47 Å². The fourth-order valence-corrected chi connectivity index (χ4v) is 1.80. The molecule has 0 aliphatic heterocycles. The van der Waals surface area contributed by atoms with Gasteiger partial charge in [-0.3, -0.25) is 10.1 Å². The van der Waals surface area contributed by atoms with Gasteiger partial charge in [0.05, 0.1) is 18.1 Å². The fourth-order valence-electron chi connectivity index (χ4n) is 1.80. The molecular weight excluding hydrogens is 302 g/mol. The Bertz CT molecular complexity index is 698. The van der Waals surface area contributed by atoms with E-state index in [4.69, 9.17) is 9.47 Å². The predicted molar refractivity (Wildman–Crippen MR) is 81.7 cm³/mol. The summed E-state index contributed by atoms with van der Waals surface area (Å²) in [5, 5.41) is 10.7. The number of hydrogen-bond donors (Lipinski definition) is 0.